The molecule has 3 N–H and O–H groups in total. The van der Waals surface area contributed by atoms with Gasteiger partial charge in [-0.3, -0.25) is 4.79 Å². The first-order valence-corrected chi connectivity index (χ1v) is 8.01. The average Bonchev–Trinajstić information content (AvgIpc) is 2.31. The molecule has 1 amide bonds. The first kappa shape index (κ1) is 14.9. The molecule has 2 atom stereocenters. The number of amides is 1. The predicted molar refractivity (Wildman–Crippen MR) is 72.2 cm³/mol. The molecule has 2 unspecified atom stereocenters. The van der Waals surface area contributed by atoms with E-state index in [1.807, 2.05) is 0 Å². The Labute approximate surface area is 117 Å². The molecule has 0 radical (unpaired) electrons. The summed E-state index contributed by atoms with van der Waals surface area (Å²) in [4.78, 5) is 11.0. The number of nitrogens with one attached hydrogen (secondary N) is 1. The molecule has 2 rings (SSSR count). The second kappa shape index (κ2) is 5.49. The number of rotatable bonds is 4. The Balaban J connectivity index is 2.30. The molecule has 0 aliphatic carbocycles. The Morgan fingerprint density at radius 1 is 1.55 bits per heavy atom. The van der Waals surface area contributed by atoms with E-state index >= 15 is 0 Å². The van der Waals surface area contributed by atoms with Crippen LogP contribution in [0.4, 0.5) is 4.39 Å². The average molecular weight is 300 g/mol. The molecule has 20 heavy (non-hydrogen) atoms. The third-order valence-electron chi connectivity index (χ3n) is 3.35. The Morgan fingerprint density at radius 3 is 2.90 bits per heavy atom. The molecule has 0 aromatic heterocycles. The summed E-state index contributed by atoms with van der Waals surface area (Å²) >= 11 is 0. The van der Waals surface area contributed by atoms with Crippen LogP contribution in [-0.4, -0.2) is 26.1 Å². The molecule has 1 aliphatic rings. The normalized spacial score (nSPS) is 22.0. The number of primary amides is 1. The van der Waals surface area contributed by atoms with Crippen molar-refractivity contribution in [2.75, 3.05) is 5.75 Å². The second-order valence-electron chi connectivity index (χ2n) is 5.08. The van der Waals surface area contributed by atoms with Crippen LogP contribution in [0.2, 0.25) is 0 Å². The number of carbonyl (C=O) groups is 1. The number of hydrogen-bond donors (Lipinski definition) is 2. The lowest BCUT2D eigenvalue weighted by molar-refractivity contribution is -0.118. The highest BCUT2D eigenvalue weighted by atomic mass is 32.2. The highest BCUT2D eigenvalue weighted by Crippen LogP contribution is 2.33. The molecular formula is C13H17FN2O3S. The van der Waals surface area contributed by atoms with E-state index in [1.165, 1.54) is 12.1 Å². The number of nitrogens with two attached hydrogens (primary N) is 1. The van der Waals surface area contributed by atoms with Crippen molar-refractivity contribution < 1.29 is 17.6 Å². The van der Waals surface area contributed by atoms with E-state index in [-0.39, 0.29) is 29.2 Å². The highest BCUT2D eigenvalue weighted by Gasteiger charge is 2.31. The zero-order valence-electron chi connectivity index (χ0n) is 11.1. The first-order valence-electron chi connectivity index (χ1n) is 6.36. The van der Waals surface area contributed by atoms with Crippen LogP contribution in [0.3, 0.4) is 0 Å². The topological polar surface area (TPSA) is 89.3 Å². The Hall–Kier alpha value is -1.47. The van der Waals surface area contributed by atoms with Gasteiger partial charge in [0.05, 0.1) is 10.6 Å². The van der Waals surface area contributed by atoms with Crippen molar-refractivity contribution >= 4 is 15.7 Å². The lowest BCUT2D eigenvalue weighted by Gasteiger charge is -2.28. The summed E-state index contributed by atoms with van der Waals surface area (Å²) in [5, 5.41) is 3.14. The van der Waals surface area contributed by atoms with Crippen LogP contribution >= 0.6 is 0 Å². The van der Waals surface area contributed by atoms with Crippen molar-refractivity contribution in [3.63, 3.8) is 0 Å². The van der Waals surface area contributed by atoms with Gasteiger partial charge in [0.15, 0.2) is 9.84 Å². The number of carbonyl (C=O) groups excluding carboxylic acids is 1. The van der Waals surface area contributed by atoms with Crippen LogP contribution in [0.5, 0.6) is 0 Å². The number of fused-ring (bicyclic) bond motifs is 1. The van der Waals surface area contributed by atoms with Gasteiger partial charge in [-0.25, -0.2) is 12.8 Å². The zero-order chi connectivity index (χ0) is 14.9. The molecule has 0 fully saturated rings. The summed E-state index contributed by atoms with van der Waals surface area (Å²) in [5.74, 6) is -0.907. The van der Waals surface area contributed by atoms with E-state index < -0.39 is 21.6 Å². The molecule has 0 saturated carbocycles. The molecule has 7 heteroatoms. The van der Waals surface area contributed by atoms with Crippen molar-refractivity contribution in [1.29, 1.82) is 0 Å². The van der Waals surface area contributed by atoms with Crippen molar-refractivity contribution in [2.45, 2.75) is 36.7 Å². The van der Waals surface area contributed by atoms with Crippen molar-refractivity contribution in [3.8, 4) is 0 Å². The van der Waals surface area contributed by atoms with Crippen LogP contribution in [0.15, 0.2) is 23.1 Å². The fourth-order valence-corrected chi connectivity index (χ4v) is 4.09. The van der Waals surface area contributed by atoms with Gasteiger partial charge >= 0.3 is 0 Å². The van der Waals surface area contributed by atoms with Gasteiger partial charge in [0.2, 0.25) is 5.91 Å². The summed E-state index contributed by atoms with van der Waals surface area (Å²) in [5.41, 5.74) is 5.55. The summed E-state index contributed by atoms with van der Waals surface area (Å²) in [7, 11) is -3.35. The summed E-state index contributed by atoms with van der Waals surface area (Å²) in [6.45, 7) is 1.78. The highest BCUT2D eigenvalue weighted by molar-refractivity contribution is 7.91. The number of sulfone groups is 1. The van der Waals surface area contributed by atoms with Gasteiger partial charge in [-0.2, -0.15) is 0 Å². The summed E-state index contributed by atoms with van der Waals surface area (Å²) < 4.78 is 37.3. The molecule has 1 aromatic carbocycles. The Bertz CT molecular complexity index is 631. The smallest absolute Gasteiger partial charge is 0.218 e. The van der Waals surface area contributed by atoms with Crippen LogP contribution in [-0.2, 0) is 14.6 Å². The SMILES string of the molecule is CC(CC(N)=O)NC1CCS(=O)(=O)c2ccc(F)cc21. The largest absolute Gasteiger partial charge is 0.370 e. The lowest BCUT2D eigenvalue weighted by atomic mass is 10.0. The monoisotopic (exact) mass is 300 g/mol. The van der Waals surface area contributed by atoms with Gasteiger partial charge in [0.1, 0.15) is 5.82 Å². The fraction of sp³-hybridized carbons (Fsp3) is 0.462. The van der Waals surface area contributed by atoms with E-state index in [9.17, 15) is 17.6 Å². The van der Waals surface area contributed by atoms with E-state index in [0.717, 1.165) is 6.07 Å². The van der Waals surface area contributed by atoms with Gasteiger partial charge in [0.25, 0.3) is 0 Å². The standard InChI is InChI=1S/C13H17FN2O3S/c1-8(6-13(15)17)16-11-4-5-20(18,19)12-3-2-9(14)7-10(11)12/h2-3,7-8,11,16H,4-6H2,1H3,(H2,15,17). The maximum absolute atomic E-state index is 13.4. The molecule has 110 valence electrons. The third kappa shape index (κ3) is 3.16. The minimum Gasteiger partial charge on any atom is -0.370 e. The second-order valence-corrected chi connectivity index (χ2v) is 7.16. The molecule has 0 spiro atoms. The molecule has 1 aliphatic heterocycles. The molecular weight excluding hydrogens is 283 g/mol. The minimum absolute atomic E-state index is 0.00654. The van der Waals surface area contributed by atoms with Crippen molar-refractivity contribution in [1.82, 2.24) is 5.32 Å². The maximum atomic E-state index is 13.4. The van der Waals surface area contributed by atoms with Gasteiger partial charge in [-0.1, -0.05) is 0 Å². The van der Waals surface area contributed by atoms with Gasteiger partial charge in [-0.15, -0.1) is 0 Å². The lowest BCUT2D eigenvalue weighted by Crippen LogP contribution is -2.37. The molecule has 0 saturated heterocycles. The molecule has 1 heterocycles. The first-order chi connectivity index (χ1) is 9.29. The van der Waals surface area contributed by atoms with Gasteiger partial charge in [0, 0.05) is 18.5 Å². The van der Waals surface area contributed by atoms with Gasteiger partial charge < -0.3 is 11.1 Å². The van der Waals surface area contributed by atoms with E-state index in [4.69, 9.17) is 5.73 Å². The maximum Gasteiger partial charge on any atom is 0.218 e. The number of hydrogen-bond acceptors (Lipinski definition) is 4. The third-order valence-corrected chi connectivity index (χ3v) is 5.17. The quantitative estimate of drug-likeness (QED) is 0.808. The number of benzene rings is 1. The van der Waals surface area contributed by atoms with Crippen LogP contribution < -0.4 is 11.1 Å². The van der Waals surface area contributed by atoms with E-state index in [2.05, 4.69) is 5.32 Å². The van der Waals surface area contributed by atoms with E-state index in [1.54, 1.807) is 6.92 Å². The zero-order valence-corrected chi connectivity index (χ0v) is 11.9. The van der Waals surface area contributed by atoms with Crippen LogP contribution in [0, 0.1) is 5.82 Å². The minimum atomic E-state index is -3.35. The van der Waals surface area contributed by atoms with Crippen molar-refractivity contribution in [3.05, 3.63) is 29.6 Å². The molecule has 1 aromatic rings. The van der Waals surface area contributed by atoms with Crippen LogP contribution in [0.1, 0.15) is 31.4 Å². The van der Waals surface area contributed by atoms with Crippen molar-refractivity contribution in [2.24, 2.45) is 5.73 Å². The van der Waals surface area contributed by atoms with E-state index in [0.29, 0.717) is 12.0 Å². The number of halogens is 1. The molecule has 0 bridgehead atoms. The Morgan fingerprint density at radius 2 is 2.25 bits per heavy atom. The predicted octanol–water partition coefficient (Wildman–Crippen LogP) is 0.898. The summed E-state index contributed by atoms with van der Waals surface area (Å²) in [6, 6.07) is 3.19. The fourth-order valence-electron chi connectivity index (χ4n) is 2.49. The van der Waals surface area contributed by atoms with Crippen LogP contribution in [0.25, 0.3) is 0 Å². The summed E-state index contributed by atoms with van der Waals surface area (Å²) in [6.07, 6.45) is 0.496. The molecule has 5 nitrogen and oxygen atoms in total. The van der Waals surface area contributed by atoms with Gasteiger partial charge in [-0.05, 0) is 37.1 Å². The Kier molecular flexibility index (Phi) is 4.10.